The number of unbranched alkanes of at least 4 members (excludes halogenated alkanes) is 17. The molecule has 1 rings (SSSR count). The minimum absolute atomic E-state index is 0.0283. The van der Waals surface area contributed by atoms with Crippen LogP contribution in [0, 0.1) is 0 Å². The van der Waals surface area contributed by atoms with Gasteiger partial charge < -0.3 is 14.7 Å². The van der Waals surface area contributed by atoms with Gasteiger partial charge in [-0.25, -0.2) is 4.79 Å². The predicted molar refractivity (Wildman–Crippen MR) is 144 cm³/mol. The Labute approximate surface area is 210 Å². The van der Waals surface area contributed by atoms with E-state index >= 15 is 0 Å². The van der Waals surface area contributed by atoms with E-state index in [1.54, 1.807) is 4.90 Å². The quantitative estimate of drug-likeness (QED) is 0.161. The molecule has 0 aliphatic rings. The van der Waals surface area contributed by atoms with Crippen LogP contribution in [0.5, 0.6) is 0 Å². The molecule has 0 aliphatic heterocycles. The predicted octanol–water partition coefficient (Wildman–Crippen LogP) is 8.66. The molecule has 0 unspecified atom stereocenters. The zero-order chi connectivity index (χ0) is 24.5. The molecule has 0 atom stereocenters. The van der Waals surface area contributed by atoms with Gasteiger partial charge in [0.1, 0.15) is 6.61 Å². The van der Waals surface area contributed by atoms with Crippen molar-refractivity contribution in [2.45, 2.75) is 129 Å². The summed E-state index contributed by atoms with van der Waals surface area (Å²) in [7, 11) is 0. The number of carbonyl (C=O) groups is 1. The molecule has 1 N–H and O–H groups in total. The van der Waals surface area contributed by atoms with Gasteiger partial charge in [0.05, 0.1) is 6.61 Å². The highest BCUT2D eigenvalue weighted by molar-refractivity contribution is 5.67. The Kier molecular flexibility index (Phi) is 20.8. The fourth-order valence-corrected chi connectivity index (χ4v) is 4.43. The van der Waals surface area contributed by atoms with Crippen molar-refractivity contribution in [1.29, 1.82) is 0 Å². The molecule has 0 saturated heterocycles. The number of nitrogens with zero attached hydrogens (tertiary/aromatic N) is 1. The van der Waals surface area contributed by atoms with Crippen LogP contribution in [0.3, 0.4) is 0 Å². The van der Waals surface area contributed by atoms with E-state index in [2.05, 4.69) is 6.92 Å². The highest BCUT2D eigenvalue weighted by atomic mass is 16.6. The summed E-state index contributed by atoms with van der Waals surface area (Å²) in [6, 6.07) is 9.71. The van der Waals surface area contributed by atoms with Gasteiger partial charge in [-0.2, -0.15) is 0 Å². The third kappa shape index (κ3) is 17.9. The van der Waals surface area contributed by atoms with Crippen molar-refractivity contribution in [3.8, 4) is 0 Å². The Bertz CT molecular complexity index is 563. The number of hydrogen-bond donors (Lipinski definition) is 1. The zero-order valence-corrected chi connectivity index (χ0v) is 22.2. The fraction of sp³-hybridized carbons (Fsp3) is 0.767. The van der Waals surface area contributed by atoms with Crippen LogP contribution < -0.4 is 0 Å². The summed E-state index contributed by atoms with van der Waals surface area (Å²) in [6.45, 7) is 3.53. The average Bonchev–Trinajstić information content (AvgIpc) is 2.86. The third-order valence-corrected chi connectivity index (χ3v) is 6.61. The lowest BCUT2D eigenvalue weighted by Gasteiger charge is -2.21. The topological polar surface area (TPSA) is 49.8 Å². The van der Waals surface area contributed by atoms with Crippen LogP contribution in [0.4, 0.5) is 4.79 Å². The largest absolute Gasteiger partial charge is 0.445 e. The summed E-state index contributed by atoms with van der Waals surface area (Å²) in [4.78, 5) is 13.9. The van der Waals surface area contributed by atoms with Gasteiger partial charge in [-0.15, -0.1) is 0 Å². The van der Waals surface area contributed by atoms with E-state index in [0.717, 1.165) is 18.4 Å². The molecule has 34 heavy (non-hydrogen) atoms. The van der Waals surface area contributed by atoms with Gasteiger partial charge in [0.25, 0.3) is 0 Å². The van der Waals surface area contributed by atoms with Crippen LogP contribution in [0.2, 0.25) is 0 Å². The summed E-state index contributed by atoms with van der Waals surface area (Å²) in [6.07, 6.45) is 24.0. The van der Waals surface area contributed by atoms with Gasteiger partial charge in [0.2, 0.25) is 0 Å². The molecule has 0 aliphatic carbocycles. The monoisotopic (exact) mass is 475 g/mol. The highest BCUT2D eigenvalue weighted by Crippen LogP contribution is 2.14. The van der Waals surface area contributed by atoms with E-state index < -0.39 is 0 Å². The van der Waals surface area contributed by atoms with Crippen molar-refractivity contribution >= 4 is 6.09 Å². The molecule has 0 heterocycles. The molecule has 1 amide bonds. The fourth-order valence-electron chi connectivity index (χ4n) is 4.43. The van der Waals surface area contributed by atoms with Gasteiger partial charge in [-0.3, -0.25) is 0 Å². The summed E-state index contributed by atoms with van der Waals surface area (Å²) < 4.78 is 5.41. The Morgan fingerprint density at radius 3 is 1.56 bits per heavy atom. The second-order valence-corrected chi connectivity index (χ2v) is 9.76. The molecule has 0 bridgehead atoms. The lowest BCUT2D eigenvalue weighted by atomic mass is 10.0. The van der Waals surface area contributed by atoms with Crippen molar-refractivity contribution in [2.24, 2.45) is 0 Å². The number of benzene rings is 1. The Balaban J connectivity index is 1.90. The minimum atomic E-state index is -0.329. The van der Waals surface area contributed by atoms with E-state index in [-0.39, 0.29) is 19.3 Å². The molecule has 4 nitrogen and oxygen atoms in total. The van der Waals surface area contributed by atoms with Crippen molar-refractivity contribution in [3.05, 3.63) is 35.9 Å². The summed E-state index contributed by atoms with van der Waals surface area (Å²) >= 11 is 0. The number of carbonyl (C=O) groups excluding carboxylic acids is 1. The van der Waals surface area contributed by atoms with E-state index in [1.807, 2.05) is 30.3 Å². The summed E-state index contributed by atoms with van der Waals surface area (Å²) in [5, 5.41) is 9.27. The molecule has 0 fully saturated rings. The van der Waals surface area contributed by atoms with E-state index in [9.17, 15) is 9.90 Å². The molecular formula is C30H53NO3. The van der Waals surface area contributed by atoms with Crippen LogP contribution in [0.25, 0.3) is 0 Å². The van der Waals surface area contributed by atoms with Gasteiger partial charge >= 0.3 is 6.09 Å². The van der Waals surface area contributed by atoms with Crippen molar-refractivity contribution in [3.63, 3.8) is 0 Å². The lowest BCUT2D eigenvalue weighted by Crippen LogP contribution is -2.34. The van der Waals surface area contributed by atoms with Crippen LogP contribution >= 0.6 is 0 Å². The minimum Gasteiger partial charge on any atom is -0.445 e. The molecule has 0 saturated carbocycles. The van der Waals surface area contributed by atoms with Crippen LogP contribution in [0.15, 0.2) is 30.3 Å². The number of hydrogen-bond acceptors (Lipinski definition) is 3. The number of aliphatic hydroxyl groups is 1. The molecule has 4 heteroatoms. The van der Waals surface area contributed by atoms with Crippen LogP contribution in [-0.2, 0) is 11.3 Å². The average molecular weight is 476 g/mol. The summed E-state index contributed by atoms with van der Waals surface area (Å²) in [5.74, 6) is 0. The first-order valence-electron chi connectivity index (χ1n) is 14.3. The summed E-state index contributed by atoms with van der Waals surface area (Å²) in [5.41, 5.74) is 0.980. The van der Waals surface area contributed by atoms with Gasteiger partial charge in [-0.1, -0.05) is 146 Å². The van der Waals surface area contributed by atoms with Crippen molar-refractivity contribution in [2.75, 3.05) is 19.7 Å². The molecular weight excluding hydrogens is 422 g/mol. The first-order valence-corrected chi connectivity index (χ1v) is 14.3. The molecule has 196 valence electrons. The highest BCUT2D eigenvalue weighted by Gasteiger charge is 2.14. The second-order valence-electron chi connectivity index (χ2n) is 9.76. The van der Waals surface area contributed by atoms with E-state index in [0.29, 0.717) is 13.1 Å². The zero-order valence-electron chi connectivity index (χ0n) is 22.2. The van der Waals surface area contributed by atoms with Crippen molar-refractivity contribution in [1.82, 2.24) is 4.90 Å². The second kappa shape index (κ2) is 23.2. The van der Waals surface area contributed by atoms with Gasteiger partial charge in [-0.05, 0) is 12.0 Å². The molecule has 1 aromatic rings. The van der Waals surface area contributed by atoms with Gasteiger partial charge in [0.15, 0.2) is 0 Å². The number of ether oxygens (including phenoxy) is 1. The molecule has 1 aromatic carbocycles. The number of aliphatic hydroxyl groups excluding tert-OH is 1. The molecule has 0 spiro atoms. The third-order valence-electron chi connectivity index (χ3n) is 6.61. The smallest absolute Gasteiger partial charge is 0.410 e. The first-order chi connectivity index (χ1) is 16.8. The Hall–Kier alpha value is -1.55. The van der Waals surface area contributed by atoms with Crippen molar-refractivity contribution < 1.29 is 14.6 Å². The standard InChI is InChI=1S/C30H53NO3/c1-2-3-4-5-6-7-8-9-10-11-12-13-14-15-16-17-18-22-25-31(26-27-32)30(33)34-28-29-23-20-19-21-24-29/h19-21,23-24,32H,2-18,22,25-28H2,1H3. The maximum atomic E-state index is 12.3. The number of amides is 1. The normalized spacial score (nSPS) is 11.0. The first kappa shape index (κ1) is 30.5. The van der Waals surface area contributed by atoms with Crippen LogP contribution in [0.1, 0.15) is 128 Å². The van der Waals surface area contributed by atoms with E-state index in [4.69, 9.17) is 4.74 Å². The Morgan fingerprint density at radius 2 is 1.12 bits per heavy atom. The van der Waals surface area contributed by atoms with Crippen LogP contribution in [-0.4, -0.2) is 35.8 Å². The number of rotatable bonds is 23. The maximum absolute atomic E-state index is 12.3. The SMILES string of the molecule is CCCCCCCCCCCCCCCCCCCCN(CCO)C(=O)OCc1ccccc1. The molecule has 0 aromatic heterocycles. The Morgan fingerprint density at radius 1 is 0.676 bits per heavy atom. The van der Waals surface area contributed by atoms with Gasteiger partial charge in [0, 0.05) is 13.1 Å². The van der Waals surface area contributed by atoms with E-state index in [1.165, 1.54) is 103 Å². The maximum Gasteiger partial charge on any atom is 0.410 e. The molecule has 0 radical (unpaired) electrons. The lowest BCUT2D eigenvalue weighted by molar-refractivity contribution is 0.0878.